The lowest BCUT2D eigenvalue weighted by molar-refractivity contribution is -0.148. The van der Waals surface area contributed by atoms with Crippen molar-refractivity contribution in [2.45, 2.75) is 38.6 Å². The van der Waals surface area contributed by atoms with Crippen molar-refractivity contribution in [1.82, 2.24) is 0 Å². The Bertz CT molecular complexity index is 169. The van der Waals surface area contributed by atoms with Crippen molar-refractivity contribution in [3.05, 3.63) is 0 Å². The van der Waals surface area contributed by atoms with Gasteiger partial charge >= 0.3 is 5.97 Å². The van der Waals surface area contributed by atoms with Gasteiger partial charge in [0.15, 0.2) is 0 Å². The second kappa shape index (κ2) is 2.81. The lowest BCUT2D eigenvalue weighted by atomic mass is 9.83. The van der Waals surface area contributed by atoms with Gasteiger partial charge in [-0.3, -0.25) is 4.79 Å². The van der Waals surface area contributed by atoms with Gasteiger partial charge in [0, 0.05) is 6.04 Å². The SMILES string of the molecule is CC[C@]1(C(=O)O)CC[C@H](N)C1. The summed E-state index contributed by atoms with van der Waals surface area (Å²) in [6, 6.07) is 0.103. The van der Waals surface area contributed by atoms with Gasteiger partial charge < -0.3 is 10.8 Å². The molecule has 0 bridgehead atoms. The molecule has 3 N–H and O–H groups in total. The maximum absolute atomic E-state index is 10.8. The Balaban J connectivity index is 2.70. The first-order valence-corrected chi connectivity index (χ1v) is 4.10. The molecule has 3 nitrogen and oxygen atoms in total. The van der Waals surface area contributed by atoms with Gasteiger partial charge in [-0.25, -0.2) is 0 Å². The van der Waals surface area contributed by atoms with Crippen molar-refractivity contribution in [2.75, 3.05) is 0 Å². The Kier molecular flexibility index (Phi) is 2.18. The van der Waals surface area contributed by atoms with Crippen LogP contribution in [0, 0.1) is 5.41 Å². The van der Waals surface area contributed by atoms with E-state index in [1.54, 1.807) is 0 Å². The van der Waals surface area contributed by atoms with E-state index in [1.165, 1.54) is 0 Å². The fourth-order valence-electron chi connectivity index (χ4n) is 1.83. The van der Waals surface area contributed by atoms with Crippen molar-refractivity contribution in [2.24, 2.45) is 11.1 Å². The molecular weight excluding hydrogens is 142 g/mol. The maximum atomic E-state index is 10.8. The van der Waals surface area contributed by atoms with E-state index in [2.05, 4.69) is 0 Å². The number of carboxylic acids is 1. The third-order valence-electron chi connectivity index (χ3n) is 2.78. The molecular formula is C8H15NO2. The molecule has 0 aromatic heterocycles. The molecule has 64 valence electrons. The fourth-order valence-corrected chi connectivity index (χ4v) is 1.83. The molecule has 3 heteroatoms. The van der Waals surface area contributed by atoms with E-state index in [-0.39, 0.29) is 6.04 Å². The highest BCUT2D eigenvalue weighted by Gasteiger charge is 2.42. The summed E-state index contributed by atoms with van der Waals surface area (Å²) in [7, 11) is 0. The Morgan fingerprint density at radius 2 is 2.45 bits per heavy atom. The molecule has 1 aliphatic carbocycles. The van der Waals surface area contributed by atoms with E-state index < -0.39 is 11.4 Å². The average Bonchev–Trinajstić information content (AvgIpc) is 2.33. The maximum Gasteiger partial charge on any atom is 0.309 e. The molecule has 11 heavy (non-hydrogen) atoms. The third kappa shape index (κ3) is 1.38. The summed E-state index contributed by atoms with van der Waals surface area (Å²) in [4.78, 5) is 10.8. The van der Waals surface area contributed by atoms with E-state index >= 15 is 0 Å². The largest absolute Gasteiger partial charge is 0.481 e. The summed E-state index contributed by atoms with van der Waals surface area (Å²) >= 11 is 0. The second-order valence-corrected chi connectivity index (χ2v) is 3.44. The van der Waals surface area contributed by atoms with Crippen molar-refractivity contribution >= 4 is 5.97 Å². The number of hydrogen-bond acceptors (Lipinski definition) is 2. The van der Waals surface area contributed by atoms with Gasteiger partial charge in [-0.1, -0.05) is 6.92 Å². The van der Waals surface area contributed by atoms with Crippen LogP contribution in [0.2, 0.25) is 0 Å². The van der Waals surface area contributed by atoms with E-state index in [9.17, 15) is 4.79 Å². The van der Waals surface area contributed by atoms with Gasteiger partial charge in [0.25, 0.3) is 0 Å². The molecule has 1 aliphatic rings. The Labute approximate surface area is 66.6 Å². The van der Waals surface area contributed by atoms with Crippen LogP contribution >= 0.6 is 0 Å². The first kappa shape index (κ1) is 8.53. The van der Waals surface area contributed by atoms with Crippen molar-refractivity contribution in [1.29, 1.82) is 0 Å². The summed E-state index contributed by atoms with van der Waals surface area (Å²) in [6.45, 7) is 1.92. The van der Waals surface area contributed by atoms with Gasteiger partial charge in [0.1, 0.15) is 0 Å². The molecule has 1 fully saturated rings. The molecule has 0 aromatic carbocycles. The zero-order valence-electron chi connectivity index (χ0n) is 6.84. The zero-order chi connectivity index (χ0) is 8.48. The fraction of sp³-hybridized carbons (Fsp3) is 0.875. The normalized spacial score (nSPS) is 37.5. The van der Waals surface area contributed by atoms with E-state index in [0.29, 0.717) is 12.8 Å². The minimum absolute atomic E-state index is 0.103. The first-order valence-electron chi connectivity index (χ1n) is 4.10. The Morgan fingerprint density at radius 1 is 1.82 bits per heavy atom. The highest BCUT2D eigenvalue weighted by molar-refractivity contribution is 5.75. The predicted octanol–water partition coefficient (Wildman–Crippen LogP) is 0.979. The highest BCUT2D eigenvalue weighted by Crippen LogP contribution is 2.40. The molecule has 0 spiro atoms. The second-order valence-electron chi connectivity index (χ2n) is 3.44. The standard InChI is InChI=1S/C8H15NO2/c1-2-8(7(10)11)4-3-6(9)5-8/h6H,2-5,9H2,1H3,(H,10,11)/t6-,8-/m0/s1. The van der Waals surface area contributed by atoms with Gasteiger partial charge in [-0.15, -0.1) is 0 Å². The molecule has 0 radical (unpaired) electrons. The van der Waals surface area contributed by atoms with E-state index in [4.69, 9.17) is 10.8 Å². The molecule has 0 aromatic rings. The minimum atomic E-state index is -0.673. The van der Waals surface area contributed by atoms with Gasteiger partial charge in [0.05, 0.1) is 5.41 Å². The highest BCUT2D eigenvalue weighted by atomic mass is 16.4. The van der Waals surface area contributed by atoms with Crippen molar-refractivity contribution < 1.29 is 9.90 Å². The summed E-state index contributed by atoms with van der Waals surface area (Å²) < 4.78 is 0. The van der Waals surface area contributed by atoms with Crippen LogP contribution in [-0.2, 0) is 4.79 Å². The first-order chi connectivity index (χ1) is 5.10. The monoisotopic (exact) mass is 157 g/mol. The average molecular weight is 157 g/mol. The third-order valence-corrected chi connectivity index (χ3v) is 2.78. The van der Waals surface area contributed by atoms with Crippen LogP contribution in [0.5, 0.6) is 0 Å². The number of carboxylic acid groups (broad SMARTS) is 1. The quantitative estimate of drug-likeness (QED) is 0.628. The van der Waals surface area contributed by atoms with Gasteiger partial charge in [-0.05, 0) is 25.7 Å². The molecule has 1 saturated carbocycles. The van der Waals surface area contributed by atoms with Crippen molar-refractivity contribution in [3.8, 4) is 0 Å². The van der Waals surface area contributed by atoms with Crippen molar-refractivity contribution in [3.63, 3.8) is 0 Å². The molecule has 2 atom stereocenters. The lowest BCUT2D eigenvalue weighted by Crippen LogP contribution is -2.29. The topological polar surface area (TPSA) is 63.3 Å². The summed E-state index contributed by atoms with van der Waals surface area (Å²) in [5.74, 6) is -0.673. The number of hydrogen-bond donors (Lipinski definition) is 2. The Morgan fingerprint density at radius 3 is 2.64 bits per heavy atom. The van der Waals surface area contributed by atoms with Crippen LogP contribution in [-0.4, -0.2) is 17.1 Å². The molecule has 0 heterocycles. The zero-order valence-corrected chi connectivity index (χ0v) is 6.84. The number of rotatable bonds is 2. The van der Waals surface area contributed by atoms with Crippen LogP contribution < -0.4 is 5.73 Å². The molecule has 0 amide bonds. The van der Waals surface area contributed by atoms with Crippen LogP contribution in [0.15, 0.2) is 0 Å². The molecule has 0 unspecified atom stereocenters. The molecule has 0 saturated heterocycles. The van der Waals surface area contributed by atoms with Crippen LogP contribution in [0.1, 0.15) is 32.6 Å². The lowest BCUT2D eigenvalue weighted by Gasteiger charge is -2.21. The van der Waals surface area contributed by atoms with E-state index in [1.807, 2.05) is 6.92 Å². The minimum Gasteiger partial charge on any atom is -0.481 e. The molecule has 0 aliphatic heterocycles. The predicted molar refractivity (Wildman–Crippen MR) is 42.2 cm³/mol. The molecule has 1 rings (SSSR count). The number of nitrogens with two attached hydrogens (primary N) is 1. The van der Waals surface area contributed by atoms with Crippen LogP contribution in [0.4, 0.5) is 0 Å². The summed E-state index contributed by atoms with van der Waals surface area (Å²) in [5, 5.41) is 8.93. The van der Waals surface area contributed by atoms with Crippen LogP contribution in [0.3, 0.4) is 0 Å². The number of aliphatic carboxylic acids is 1. The number of carbonyl (C=O) groups is 1. The van der Waals surface area contributed by atoms with E-state index in [0.717, 1.165) is 12.8 Å². The Hall–Kier alpha value is -0.570. The van der Waals surface area contributed by atoms with Gasteiger partial charge in [-0.2, -0.15) is 0 Å². The summed E-state index contributed by atoms with van der Waals surface area (Å²) in [6.07, 6.45) is 2.97. The summed E-state index contributed by atoms with van der Waals surface area (Å²) in [5.41, 5.74) is 5.16. The van der Waals surface area contributed by atoms with Crippen LogP contribution in [0.25, 0.3) is 0 Å². The smallest absolute Gasteiger partial charge is 0.309 e. The van der Waals surface area contributed by atoms with Gasteiger partial charge in [0.2, 0.25) is 0 Å².